The summed E-state index contributed by atoms with van der Waals surface area (Å²) in [7, 11) is 0. The van der Waals surface area contributed by atoms with Gasteiger partial charge in [0.25, 0.3) is 0 Å². The Hall–Kier alpha value is -1.68. The molecule has 1 N–H and O–H groups in total. The molecule has 0 aliphatic carbocycles. The van der Waals surface area contributed by atoms with Crippen molar-refractivity contribution in [2.75, 3.05) is 19.6 Å². The summed E-state index contributed by atoms with van der Waals surface area (Å²) < 4.78 is 0. The Labute approximate surface area is 113 Å². The lowest BCUT2D eigenvalue weighted by Gasteiger charge is -2.14. The highest BCUT2D eigenvalue weighted by atomic mass is 16.4. The van der Waals surface area contributed by atoms with Crippen LogP contribution in [0.1, 0.15) is 23.7 Å². The molecule has 0 spiro atoms. The number of carbonyl (C=O) groups excluding carboxylic acids is 1. The van der Waals surface area contributed by atoms with Gasteiger partial charge < -0.3 is 5.11 Å². The van der Waals surface area contributed by atoms with Crippen molar-refractivity contribution in [3.05, 3.63) is 35.9 Å². The molecule has 2 atom stereocenters. The van der Waals surface area contributed by atoms with Crippen molar-refractivity contribution in [1.29, 1.82) is 0 Å². The summed E-state index contributed by atoms with van der Waals surface area (Å²) in [4.78, 5) is 25.2. The van der Waals surface area contributed by atoms with Gasteiger partial charge in [0.05, 0.1) is 12.5 Å². The van der Waals surface area contributed by atoms with Crippen molar-refractivity contribution in [1.82, 2.24) is 4.90 Å². The van der Waals surface area contributed by atoms with Crippen LogP contribution in [-0.4, -0.2) is 41.4 Å². The van der Waals surface area contributed by atoms with Gasteiger partial charge in [-0.25, -0.2) is 0 Å². The molecule has 102 valence electrons. The van der Waals surface area contributed by atoms with Crippen molar-refractivity contribution in [2.45, 2.75) is 13.3 Å². The fourth-order valence-corrected chi connectivity index (χ4v) is 2.70. The average molecular weight is 261 g/mol. The van der Waals surface area contributed by atoms with Crippen LogP contribution in [0.3, 0.4) is 0 Å². The minimum atomic E-state index is -0.749. The molecule has 2 rings (SSSR count). The molecule has 1 aliphatic heterocycles. The monoisotopic (exact) mass is 261 g/mol. The fraction of sp³-hybridized carbons (Fsp3) is 0.467. The van der Waals surface area contributed by atoms with E-state index >= 15 is 0 Å². The number of carbonyl (C=O) groups is 2. The molecule has 1 saturated heterocycles. The number of ketones is 1. The lowest BCUT2D eigenvalue weighted by Crippen LogP contribution is -2.29. The Morgan fingerprint density at radius 1 is 1.26 bits per heavy atom. The van der Waals surface area contributed by atoms with E-state index in [2.05, 4.69) is 0 Å². The number of carboxylic acids is 1. The van der Waals surface area contributed by atoms with E-state index in [4.69, 9.17) is 0 Å². The number of likely N-dealkylation sites (tertiary alicyclic amines) is 1. The van der Waals surface area contributed by atoms with Gasteiger partial charge in [-0.15, -0.1) is 0 Å². The highest BCUT2D eigenvalue weighted by molar-refractivity contribution is 5.97. The number of nitrogens with zero attached hydrogens (tertiary/aromatic N) is 1. The Kier molecular flexibility index (Phi) is 4.32. The molecule has 0 aromatic heterocycles. The van der Waals surface area contributed by atoms with E-state index in [1.54, 1.807) is 12.1 Å². The molecule has 4 heteroatoms. The minimum absolute atomic E-state index is 0.0569. The van der Waals surface area contributed by atoms with Crippen molar-refractivity contribution in [3.63, 3.8) is 0 Å². The van der Waals surface area contributed by atoms with Gasteiger partial charge in [0, 0.05) is 18.7 Å². The Morgan fingerprint density at radius 2 is 1.95 bits per heavy atom. The number of hydrogen-bond donors (Lipinski definition) is 1. The van der Waals surface area contributed by atoms with Crippen LogP contribution in [0.2, 0.25) is 0 Å². The predicted molar refractivity (Wildman–Crippen MR) is 72.1 cm³/mol. The number of aliphatic carboxylic acids is 1. The van der Waals surface area contributed by atoms with Crippen LogP contribution in [0.5, 0.6) is 0 Å². The largest absolute Gasteiger partial charge is 0.481 e. The molecular weight excluding hydrogens is 242 g/mol. The number of benzene rings is 1. The summed E-state index contributed by atoms with van der Waals surface area (Å²) in [5.41, 5.74) is 0.689. The molecule has 1 fully saturated rings. The SMILES string of the molecule is CC[C@@H]1CN(CC(=O)c2ccccc2)C[C@@H]1C(=O)O. The quantitative estimate of drug-likeness (QED) is 0.823. The molecular formula is C15H19NO3. The maximum absolute atomic E-state index is 12.1. The first-order valence-corrected chi connectivity index (χ1v) is 6.65. The zero-order valence-corrected chi connectivity index (χ0v) is 11.1. The van der Waals surface area contributed by atoms with Crippen LogP contribution < -0.4 is 0 Å². The van der Waals surface area contributed by atoms with Crippen LogP contribution in [0.15, 0.2) is 30.3 Å². The summed E-state index contributed by atoms with van der Waals surface area (Å²) >= 11 is 0. The summed E-state index contributed by atoms with van der Waals surface area (Å²) in [6, 6.07) is 9.15. The number of carboxylic acid groups (broad SMARTS) is 1. The zero-order valence-electron chi connectivity index (χ0n) is 11.1. The maximum atomic E-state index is 12.1. The molecule has 0 saturated carbocycles. The summed E-state index contributed by atoms with van der Waals surface area (Å²) in [6.07, 6.45) is 0.840. The van der Waals surface area contributed by atoms with Crippen molar-refractivity contribution in [2.24, 2.45) is 11.8 Å². The van der Waals surface area contributed by atoms with E-state index in [0.29, 0.717) is 25.2 Å². The third kappa shape index (κ3) is 3.20. The number of rotatable bonds is 5. The van der Waals surface area contributed by atoms with Crippen molar-refractivity contribution in [3.8, 4) is 0 Å². The predicted octanol–water partition coefficient (Wildman–Crippen LogP) is 1.91. The third-order valence-electron chi connectivity index (χ3n) is 3.82. The average Bonchev–Trinajstić information content (AvgIpc) is 2.83. The van der Waals surface area contributed by atoms with E-state index < -0.39 is 5.97 Å². The van der Waals surface area contributed by atoms with E-state index in [1.807, 2.05) is 30.0 Å². The van der Waals surface area contributed by atoms with Gasteiger partial charge in [-0.1, -0.05) is 43.7 Å². The standard InChI is InChI=1S/C15H19NO3/c1-2-11-8-16(9-13(11)15(18)19)10-14(17)12-6-4-3-5-7-12/h3-7,11,13H,2,8-10H2,1H3,(H,18,19)/t11-,13+/m1/s1. The van der Waals surface area contributed by atoms with Crippen molar-refractivity contribution < 1.29 is 14.7 Å². The zero-order chi connectivity index (χ0) is 13.8. The number of Topliss-reactive ketones (excluding diaryl/α,β-unsaturated/α-hetero) is 1. The molecule has 1 aliphatic rings. The fourth-order valence-electron chi connectivity index (χ4n) is 2.70. The van der Waals surface area contributed by atoms with E-state index in [9.17, 15) is 14.7 Å². The third-order valence-corrected chi connectivity index (χ3v) is 3.82. The van der Waals surface area contributed by atoms with Crippen molar-refractivity contribution >= 4 is 11.8 Å². The molecule has 1 aromatic carbocycles. The summed E-state index contributed by atoms with van der Waals surface area (Å²) in [5, 5.41) is 9.17. The summed E-state index contributed by atoms with van der Waals surface area (Å²) in [5.74, 6) is -0.877. The topological polar surface area (TPSA) is 57.6 Å². The Bertz CT molecular complexity index is 458. The van der Waals surface area contributed by atoms with Gasteiger partial charge in [-0.2, -0.15) is 0 Å². The first-order valence-electron chi connectivity index (χ1n) is 6.65. The molecule has 0 radical (unpaired) electrons. The van der Waals surface area contributed by atoms with Gasteiger partial charge in [0.2, 0.25) is 0 Å². The highest BCUT2D eigenvalue weighted by Crippen LogP contribution is 2.26. The first-order chi connectivity index (χ1) is 9.11. The molecule has 0 bridgehead atoms. The lowest BCUT2D eigenvalue weighted by molar-refractivity contribution is -0.142. The maximum Gasteiger partial charge on any atom is 0.308 e. The van der Waals surface area contributed by atoms with Gasteiger partial charge >= 0.3 is 5.97 Å². The van der Waals surface area contributed by atoms with Gasteiger partial charge in [-0.3, -0.25) is 14.5 Å². The Balaban J connectivity index is 1.98. The molecule has 4 nitrogen and oxygen atoms in total. The molecule has 19 heavy (non-hydrogen) atoms. The normalized spacial score (nSPS) is 23.4. The molecule has 0 amide bonds. The van der Waals surface area contributed by atoms with Crippen LogP contribution >= 0.6 is 0 Å². The molecule has 0 unspecified atom stereocenters. The van der Waals surface area contributed by atoms with Gasteiger partial charge in [-0.05, 0) is 5.92 Å². The van der Waals surface area contributed by atoms with Crippen LogP contribution in [-0.2, 0) is 4.79 Å². The van der Waals surface area contributed by atoms with E-state index in [1.165, 1.54) is 0 Å². The highest BCUT2D eigenvalue weighted by Gasteiger charge is 2.36. The second-order valence-corrected chi connectivity index (χ2v) is 5.10. The number of hydrogen-bond acceptors (Lipinski definition) is 3. The van der Waals surface area contributed by atoms with Gasteiger partial charge in [0.1, 0.15) is 0 Å². The van der Waals surface area contributed by atoms with Crippen LogP contribution in [0, 0.1) is 11.8 Å². The van der Waals surface area contributed by atoms with E-state index in [0.717, 1.165) is 6.42 Å². The second-order valence-electron chi connectivity index (χ2n) is 5.10. The smallest absolute Gasteiger partial charge is 0.308 e. The van der Waals surface area contributed by atoms with E-state index in [-0.39, 0.29) is 17.6 Å². The summed E-state index contributed by atoms with van der Waals surface area (Å²) in [6.45, 7) is 3.49. The Morgan fingerprint density at radius 3 is 2.47 bits per heavy atom. The lowest BCUT2D eigenvalue weighted by atomic mass is 9.94. The molecule has 1 aromatic rings. The van der Waals surface area contributed by atoms with Crippen LogP contribution in [0.25, 0.3) is 0 Å². The minimum Gasteiger partial charge on any atom is -0.481 e. The van der Waals surface area contributed by atoms with Gasteiger partial charge in [0.15, 0.2) is 5.78 Å². The first kappa shape index (κ1) is 13.7. The second kappa shape index (κ2) is 5.97. The van der Waals surface area contributed by atoms with Crippen LogP contribution in [0.4, 0.5) is 0 Å². The molecule has 1 heterocycles.